The fraction of sp³-hybridized carbons (Fsp3) is 0.125. The van der Waals surface area contributed by atoms with Crippen LogP contribution >= 0.6 is 27.5 Å². The number of halogens is 2. The van der Waals surface area contributed by atoms with Gasteiger partial charge in [0.1, 0.15) is 0 Å². The van der Waals surface area contributed by atoms with E-state index in [1.54, 1.807) is 0 Å². The van der Waals surface area contributed by atoms with Gasteiger partial charge in [-0.1, -0.05) is 11.6 Å². The molecule has 0 amide bonds. The van der Waals surface area contributed by atoms with Gasteiger partial charge < -0.3 is 10.5 Å². The molecule has 0 heterocycles. The van der Waals surface area contributed by atoms with Crippen LogP contribution in [0.2, 0.25) is 5.02 Å². The molecule has 0 aromatic heterocycles. The Labute approximate surface area is 88.9 Å². The molecule has 0 unspecified atom stereocenters. The maximum absolute atomic E-state index is 11.1. The molecular weight excluding hydrogens is 257 g/mol. The predicted molar refractivity (Wildman–Crippen MR) is 54.9 cm³/mol. The Hall–Kier alpha value is -0.740. The second-order valence-corrected chi connectivity index (χ2v) is 3.61. The van der Waals surface area contributed by atoms with Crippen LogP contribution in [0.25, 0.3) is 0 Å². The van der Waals surface area contributed by atoms with Crippen LogP contribution in [0.1, 0.15) is 10.4 Å². The van der Waals surface area contributed by atoms with E-state index in [0.29, 0.717) is 20.7 Å². The Kier molecular flexibility index (Phi) is 3.17. The third-order valence-electron chi connectivity index (χ3n) is 1.50. The number of esters is 1. The molecule has 0 radical (unpaired) electrons. The minimum absolute atomic E-state index is 0.304. The Morgan fingerprint density at radius 2 is 2.23 bits per heavy atom. The van der Waals surface area contributed by atoms with Crippen LogP contribution in [0.4, 0.5) is 5.69 Å². The van der Waals surface area contributed by atoms with Crippen molar-refractivity contribution >= 4 is 39.2 Å². The summed E-state index contributed by atoms with van der Waals surface area (Å²) in [7, 11) is 1.30. The summed E-state index contributed by atoms with van der Waals surface area (Å²) < 4.78 is 5.14. The standard InChI is InChI=1S/C8H7BrClNO2/c1-13-8(12)4-2-5(9)6(10)3-7(4)11/h2-3H,11H2,1H3. The molecule has 13 heavy (non-hydrogen) atoms. The maximum atomic E-state index is 11.1. The van der Waals surface area contributed by atoms with Crippen molar-refractivity contribution in [2.75, 3.05) is 12.8 Å². The van der Waals surface area contributed by atoms with Crippen molar-refractivity contribution in [3.63, 3.8) is 0 Å². The zero-order valence-electron chi connectivity index (χ0n) is 6.80. The van der Waals surface area contributed by atoms with E-state index in [-0.39, 0.29) is 0 Å². The summed E-state index contributed by atoms with van der Waals surface area (Å²) in [4.78, 5) is 11.1. The van der Waals surface area contributed by atoms with Crippen LogP contribution in [0.15, 0.2) is 16.6 Å². The summed E-state index contributed by atoms with van der Waals surface area (Å²) in [6, 6.07) is 3.03. The van der Waals surface area contributed by atoms with E-state index in [2.05, 4.69) is 20.7 Å². The third-order valence-corrected chi connectivity index (χ3v) is 2.69. The van der Waals surface area contributed by atoms with Crippen LogP contribution in [-0.2, 0) is 4.74 Å². The van der Waals surface area contributed by atoms with E-state index in [9.17, 15) is 4.79 Å². The Bertz CT molecular complexity index is 354. The first kappa shape index (κ1) is 10.3. The molecule has 5 heteroatoms. The van der Waals surface area contributed by atoms with Crippen molar-refractivity contribution in [2.24, 2.45) is 0 Å². The number of nitrogen functional groups attached to an aromatic ring is 1. The van der Waals surface area contributed by atoms with Crippen molar-refractivity contribution in [3.8, 4) is 0 Å². The van der Waals surface area contributed by atoms with E-state index >= 15 is 0 Å². The van der Waals surface area contributed by atoms with Gasteiger partial charge in [-0.2, -0.15) is 0 Å². The lowest BCUT2D eigenvalue weighted by molar-refractivity contribution is 0.0602. The highest BCUT2D eigenvalue weighted by Crippen LogP contribution is 2.28. The number of methoxy groups -OCH3 is 1. The lowest BCUT2D eigenvalue weighted by atomic mass is 10.2. The SMILES string of the molecule is COC(=O)c1cc(Br)c(Cl)cc1N. The van der Waals surface area contributed by atoms with Gasteiger partial charge in [-0.05, 0) is 28.1 Å². The largest absolute Gasteiger partial charge is 0.465 e. The van der Waals surface area contributed by atoms with E-state index in [4.69, 9.17) is 17.3 Å². The first-order chi connectivity index (χ1) is 6.06. The number of nitrogens with two attached hydrogens (primary N) is 1. The van der Waals surface area contributed by atoms with Gasteiger partial charge in [-0.3, -0.25) is 0 Å². The average Bonchev–Trinajstić information content (AvgIpc) is 2.10. The van der Waals surface area contributed by atoms with E-state index in [1.165, 1.54) is 19.2 Å². The number of carbonyl (C=O) groups excluding carboxylic acids is 1. The molecule has 0 aliphatic heterocycles. The number of ether oxygens (including phenoxy) is 1. The highest BCUT2D eigenvalue weighted by Gasteiger charge is 2.12. The molecule has 2 N–H and O–H groups in total. The highest BCUT2D eigenvalue weighted by molar-refractivity contribution is 9.10. The van der Waals surface area contributed by atoms with E-state index in [0.717, 1.165) is 0 Å². The lowest BCUT2D eigenvalue weighted by Crippen LogP contribution is -2.05. The van der Waals surface area contributed by atoms with Crippen molar-refractivity contribution in [3.05, 3.63) is 27.2 Å². The molecule has 1 rings (SSSR count). The minimum atomic E-state index is -0.477. The molecular formula is C8H7BrClNO2. The fourth-order valence-corrected chi connectivity index (χ4v) is 1.36. The molecule has 0 bridgehead atoms. The normalized spacial score (nSPS) is 9.77. The van der Waals surface area contributed by atoms with Crippen molar-refractivity contribution in [2.45, 2.75) is 0 Å². The summed E-state index contributed by atoms with van der Waals surface area (Å²) in [6.07, 6.45) is 0. The molecule has 70 valence electrons. The van der Waals surface area contributed by atoms with Gasteiger partial charge in [0, 0.05) is 10.2 Å². The highest BCUT2D eigenvalue weighted by atomic mass is 79.9. The number of rotatable bonds is 1. The molecule has 0 spiro atoms. The molecule has 0 saturated heterocycles. The summed E-state index contributed by atoms with van der Waals surface area (Å²) in [5, 5.41) is 0.463. The topological polar surface area (TPSA) is 52.3 Å². The molecule has 0 aliphatic carbocycles. The maximum Gasteiger partial charge on any atom is 0.339 e. The number of anilines is 1. The number of hydrogen-bond acceptors (Lipinski definition) is 3. The van der Waals surface area contributed by atoms with Crippen LogP contribution in [0, 0.1) is 0 Å². The predicted octanol–water partition coefficient (Wildman–Crippen LogP) is 2.47. The van der Waals surface area contributed by atoms with Gasteiger partial charge in [-0.25, -0.2) is 4.79 Å². The Morgan fingerprint density at radius 3 is 2.77 bits per heavy atom. The van der Waals surface area contributed by atoms with Crippen molar-refractivity contribution in [1.82, 2.24) is 0 Å². The van der Waals surface area contributed by atoms with E-state index in [1.807, 2.05) is 0 Å². The van der Waals surface area contributed by atoms with Gasteiger partial charge in [0.15, 0.2) is 0 Å². The molecule has 0 saturated carbocycles. The molecule has 0 atom stereocenters. The summed E-state index contributed by atoms with van der Waals surface area (Å²) >= 11 is 8.94. The van der Waals surface area contributed by atoms with Gasteiger partial charge in [-0.15, -0.1) is 0 Å². The van der Waals surface area contributed by atoms with Crippen molar-refractivity contribution < 1.29 is 9.53 Å². The minimum Gasteiger partial charge on any atom is -0.465 e. The second kappa shape index (κ2) is 3.98. The zero-order valence-corrected chi connectivity index (χ0v) is 9.15. The quantitative estimate of drug-likeness (QED) is 0.626. The second-order valence-electron chi connectivity index (χ2n) is 2.35. The average molecular weight is 265 g/mol. The first-order valence-corrected chi connectivity index (χ1v) is 4.56. The monoisotopic (exact) mass is 263 g/mol. The molecule has 1 aromatic rings. The lowest BCUT2D eigenvalue weighted by Gasteiger charge is -2.05. The van der Waals surface area contributed by atoms with E-state index < -0.39 is 5.97 Å². The van der Waals surface area contributed by atoms with Crippen LogP contribution in [0.5, 0.6) is 0 Å². The molecule has 1 aromatic carbocycles. The summed E-state index contributed by atoms with van der Waals surface area (Å²) in [6.45, 7) is 0. The molecule has 0 fully saturated rings. The molecule has 3 nitrogen and oxygen atoms in total. The Morgan fingerprint density at radius 1 is 1.62 bits per heavy atom. The number of hydrogen-bond donors (Lipinski definition) is 1. The zero-order chi connectivity index (χ0) is 10.0. The van der Waals surface area contributed by atoms with Crippen molar-refractivity contribution in [1.29, 1.82) is 0 Å². The molecule has 0 aliphatic rings. The number of carbonyl (C=O) groups is 1. The van der Waals surface area contributed by atoms with Gasteiger partial charge in [0.25, 0.3) is 0 Å². The first-order valence-electron chi connectivity index (χ1n) is 3.39. The van der Waals surface area contributed by atoms with Crippen LogP contribution < -0.4 is 5.73 Å². The number of benzene rings is 1. The van der Waals surface area contributed by atoms with Gasteiger partial charge >= 0.3 is 5.97 Å². The van der Waals surface area contributed by atoms with Crippen LogP contribution in [-0.4, -0.2) is 13.1 Å². The van der Waals surface area contributed by atoms with Gasteiger partial charge in [0.05, 0.1) is 17.7 Å². The smallest absolute Gasteiger partial charge is 0.339 e. The summed E-state index contributed by atoms with van der Waals surface area (Å²) in [5.41, 5.74) is 6.17. The fourth-order valence-electron chi connectivity index (χ4n) is 0.849. The Balaban J connectivity index is 3.23. The summed E-state index contributed by atoms with van der Waals surface area (Å²) in [5.74, 6) is -0.477. The van der Waals surface area contributed by atoms with Gasteiger partial charge in [0.2, 0.25) is 0 Å². The van der Waals surface area contributed by atoms with Crippen LogP contribution in [0.3, 0.4) is 0 Å². The third kappa shape index (κ3) is 2.14.